The molecule has 0 radical (unpaired) electrons. The van der Waals surface area contributed by atoms with Crippen molar-refractivity contribution in [2.45, 2.75) is 26.2 Å². The molecule has 1 aromatic heterocycles. The number of aromatic nitrogens is 1. The van der Waals surface area contributed by atoms with Crippen LogP contribution in [0.2, 0.25) is 0 Å². The van der Waals surface area contributed by atoms with E-state index in [-0.39, 0.29) is 11.7 Å². The van der Waals surface area contributed by atoms with Gasteiger partial charge in [0.15, 0.2) is 0 Å². The Kier molecular flexibility index (Phi) is 5.32. The van der Waals surface area contributed by atoms with Crippen LogP contribution < -0.4 is 10.0 Å². The van der Waals surface area contributed by atoms with Gasteiger partial charge in [-0.15, -0.1) is 11.3 Å². The Bertz CT molecular complexity index is 493. The zero-order valence-electron chi connectivity index (χ0n) is 11.2. The van der Waals surface area contributed by atoms with Crippen molar-refractivity contribution >= 4 is 21.4 Å². The number of hydrogen-bond donors (Lipinski definition) is 2. The van der Waals surface area contributed by atoms with Crippen molar-refractivity contribution in [3.63, 3.8) is 0 Å². The van der Waals surface area contributed by atoms with E-state index in [4.69, 9.17) is 0 Å². The second-order valence-corrected chi connectivity index (χ2v) is 7.81. The van der Waals surface area contributed by atoms with Gasteiger partial charge in [0.2, 0.25) is 10.0 Å². The summed E-state index contributed by atoms with van der Waals surface area (Å²) in [6.45, 7) is 4.20. The molecular weight excluding hydrogens is 282 g/mol. The zero-order chi connectivity index (χ0) is 13.7. The number of rotatable bonds is 6. The lowest BCUT2D eigenvalue weighted by molar-refractivity contribution is 0.403. The summed E-state index contributed by atoms with van der Waals surface area (Å²) in [6, 6.07) is 0. The molecule has 7 heteroatoms. The lowest BCUT2D eigenvalue weighted by Crippen LogP contribution is -2.38. The number of hydrogen-bond acceptors (Lipinski definition) is 5. The van der Waals surface area contributed by atoms with E-state index in [0.29, 0.717) is 13.0 Å². The first-order valence-corrected chi connectivity index (χ1v) is 9.17. The topological polar surface area (TPSA) is 71.1 Å². The Balaban J connectivity index is 1.74. The van der Waals surface area contributed by atoms with Crippen LogP contribution in [0.5, 0.6) is 0 Å². The summed E-state index contributed by atoms with van der Waals surface area (Å²) in [6.07, 6.45) is 2.73. The highest BCUT2D eigenvalue weighted by atomic mass is 32.2. The van der Waals surface area contributed by atoms with Gasteiger partial charge in [0.05, 0.1) is 10.8 Å². The second kappa shape index (κ2) is 6.78. The first-order chi connectivity index (χ1) is 9.05. The highest BCUT2D eigenvalue weighted by Crippen LogP contribution is 2.12. The zero-order valence-corrected chi connectivity index (χ0v) is 12.8. The fourth-order valence-electron chi connectivity index (χ4n) is 2.27. The summed E-state index contributed by atoms with van der Waals surface area (Å²) < 4.78 is 26.6. The molecule has 1 aliphatic rings. The molecule has 0 aliphatic carbocycles. The maximum Gasteiger partial charge on any atom is 0.211 e. The van der Waals surface area contributed by atoms with Gasteiger partial charge in [0.1, 0.15) is 0 Å². The van der Waals surface area contributed by atoms with Gasteiger partial charge in [0.25, 0.3) is 0 Å². The molecular formula is C12H21N3O2S2. The Morgan fingerprint density at radius 1 is 1.58 bits per heavy atom. The molecule has 0 amide bonds. The third-order valence-corrected chi connectivity index (χ3v) is 5.76. The average Bonchev–Trinajstić information content (AvgIpc) is 2.75. The molecule has 19 heavy (non-hydrogen) atoms. The Hall–Kier alpha value is -0.500. The number of nitrogens with zero attached hydrogens (tertiary/aromatic N) is 1. The van der Waals surface area contributed by atoms with Crippen LogP contribution in [0.1, 0.15) is 23.5 Å². The molecule has 1 fully saturated rings. The number of thiazole rings is 1. The molecule has 1 aliphatic heterocycles. The molecule has 0 bridgehead atoms. The summed E-state index contributed by atoms with van der Waals surface area (Å²) in [5.41, 5.74) is 0.996. The predicted molar refractivity (Wildman–Crippen MR) is 77.9 cm³/mol. The van der Waals surface area contributed by atoms with Crippen LogP contribution in [0.15, 0.2) is 5.38 Å². The van der Waals surface area contributed by atoms with E-state index >= 15 is 0 Å². The number of piperidine rings is 1. The van der Waals surface area contributed by atoms with E-state index in [1.165, 1.54) is 0 Å². The summed E-state index contributed by atoms with van der Waals surface area (Å²) in [5, 5.41) is 6.21. The van der Waals surface area contributed by atoms with Crippen LogP contribution in [-0.4, -0.2) is 38.8 Å². The highest BCUT2D eigenvalue weighted by molar-refractivity contribution is 7.89. The molecule has 0 saturated carbocycles. The fourth-order valence-corrected chi connectivity index (χ4v) is 4.48. The van der Waals surface area contributed by atoms with Gasteiger partial charge in [-0.2, -0.15) is 0 Å². The van der Waals surface area contributed by atoms with Gasteiger partial charge in [-0.05, 0) is 38.8 Å². The molecule has 1 aromatic rings. The fraction of sp³-hybridized carbons (Fsp3) is 0.750. The van der Waals surface area contributed by atoms with Crippen LogP contribution in [0.4, 0.5) is 0 Å². The van der Waals surface area contributed by atoms with Crippen LogP contribution >= 0.6 is 11.3 Å². The van der Waals surface area contributed by atoms with Crippen LogP contribution in [0.25, 0.3) is 0 Å². The van der Waals surface area contributed by atoms with Crippen molar-refractivity contribution in [3.8, 4) is 0 Å². The second-order valence-electron chi connectivity index (χ2n) is 5.02. The molecule has 2 N–H and O–H groups in total. The monoisotopic (exact) mass is 303 g/mol. The van der Waals surface area contributed by atoms with Crippen LogP contribution in [0.3, 0.4) is 0 Å². The Labute approximate surface area is 118 Å². The maximum absolute atomic E-state index is 11.9. The van der Waals surface area contributed by atoms with E-state index in [2.05, 4.69) is 15.0 Å². The van der Waals surface area contributed by atoms with E-state index < -0.39 is 10.0 Å². The quantitative estimate of drug-likeness (QED) is 0.819. The average molecular weight is 303 g/mol. The standard InChI is InChI=1S/C12H21N3O2S2/c1-10-8-18-12(15-10)4-6-14-19(16,17)9-11-3-2-5-13-7-11/h8,11,13-14H,2-7,9H2,1H3. The van der Waals surface area contributed by atoms with Gasteiger partial charge in [0, 0.05) is 24.0 Å². The van der Waals surface area contributed by atoms with Gasteiger partial charge >= 0.3 is 0 Å². The Morgan fingerprint density at radius 3 is 3.05 bits per heavy atom. The van der Waals surface area contributed by atoms with Crippen molar-refractivity contribution in [1.29, 1.82) is 0 Å². The van der Waals surface area contributed by atoms with E-state index in [1.54, 1.807) is 11.3 Å². The number of aryl methyl sites for hydroxylation is 1. The minimum atomic E-state index is -3.16. The smallest absolute Gasteiger partial charge is 0.211 e. The summed E-state index contributed by atoms with van der Waals surface area (Å²) in [7, 11) is -3.16. The van der Waals surface area contributed by atoms with Gasteiger partial charge in [-0.25, -0.2) is 18.1 Å². The third kappa shape index (κ3) is 5.18. The van der Waals surface area contributed by atoms with Crippen molar-refractivity contribution in [2.75, 3.05) is 25.4 Å². The minimum absolute atomic E-state index is 0.233. The van der Waals surface area contributed by atoms with Crippen molar-refractivity contribution < 1.29 is 8.42 Å². The molecule has 108 valence electrons. The van der Waals surface area contributed by atoms with E-state index in [9.17, 15) is 8.42 Å². The molecule has 1 atom stereocenters. The Morgan fingerprint density at radius 2 is 2.42 bits per heavy atom. The third-order valence-electron chi connectivity index (χ3n) is 3.18. The van der Waals surface area contributed by atoms with Crippen molar-refractivity contribution in [2.24, 2.45) is 5.92 Å². The van der Waals surface area contributed by atoms with Crippen LogP contribution in [-0.2, 0) is 16.4 Å². The number of sulfonamides is 1. The first kappa shape index (κ1) is 14.9. The molecule has 2 rings (SSSR count). The summed E-state index contributed by atoms with van der Waals surface area (Å²) in [4.78, 5) is 4.32. The van der Waals surface area contributed by atoms with E-state index in [0.717, 1.165) is 36.6 Å². The summed E-state index contributed by atoms with van der Waals surface area (Å²) in [5.74, 6) is 0.477. The lowest BCUT2D eigenvalue weighted by Gasteiger charge is -2.22. The van der Waals surface area contributed by atoms with E-state index in [1.807, 2.05) is 12.3 Å². The normalized spacial score (nSPS) is 20.6. The van der Waals surface area contributed by atoms with Crippen molar-refractivity contribution in [1.82, 2.24) is 15.0 Å². The predicted octanol–water partition coefficient (Wildman–Crippen LogP) is 0.913. The molecule has 1 unspecified atom stereocenters. The van der Waals surface area contributed by atoms with Crippen LogP contribution in [0, 0.1) is 12.8 Å². The summed E-state index contributed by atoms with van der Waals surface area (Å²) >= 11 is 1.58. The number of nitrogens with one attached hydrogen (secondary N) is 2. The maximum atomic E-state index is 11.9. The van der Waals surface area contributed by atoms with Gasteiger partial charge in [-0.3, -0.25) is 0 Å². The highest BCUT2D eigenvalue weighted by Gasteiger charge is 2.20. The SMILES string of the molecule is Cc1csc(CCNS(=O)(=O)CC2CCCNC2)n1. The molecule has 0 spiro atoms. The van der Waals surface area contributed by atoms with Gasteiger partial charge in [-0.1, -0.05) is 0 Å². The molecule has 1 saturated heterocycles. The van der Waals surface area contributed by atoms with Crippen molar-refractivity contribution in [3.05, 3.63) is 16.1 Å². The largest absolute Gasteiger partial charge is 0.316 e. The first-order valence-electron chi connectivity index (χ1n) is 6.64. The lowest BCUT2D eigenvalue weighted by atomic mass is 10.0. The van der Waals surface area contributed by atoms with Gasteiger partial charge < -0.3 is 5.32 Å². The minimum Gasteiger partial charge on any atom is -0.316 e. The molecule has 5 nitrogen and oxygen atoms in total. The molecule has 0 aromatic carbocycles. The molecule has 2 heterocycles.